The number of ether oxygens (including phenoxy) is 1. The Bertz CT molecular complexity index is 1150. The standard InChI is InChI=1S/C24H21N3O3/c28-22(16-30-15-21-25-20-14-8-7-13-19(20)24(29)26-21)27-23(17-9-3-1-4-10-17)18-11-5-2-6-12-18/h1-14,23H,15-16H2,(H,27,28)(H,25,26,29). The molecule has 30 heavy (non-hydrogen) atoms. The van der Waals surface area contributed by atoms with Gasteiger partial charge in [0, 0.05) is 0 Å². The third kappa shape index (κ3) is 4.61. The van der Waals surface area contributed by atoms with E-state index in [2.05, 4.69) is 15.3 Å². The number of hydrogen-bond acceptors (Lipinski definition) is 4. The highest BCUT2D eigenvalue weighted by Crippen LogP contribution is 2.21. The van der Waals surface area contributed by atoms with Gasteiger partial charge < -0.3 is 15.0 Å². The third-order valence-electron chi connectivity index (χ3n) is 4.70. The molecule has 3 aromatic carbocycles. The predicted molar refractivity (Wildman–Crippen MR) is 115 cm³/mol. The minimum Gasteiger partial charge on any atom is -0.364 e. The molecule has 0 aliphatic heterocycles. The Kier molecular flexibility index (Phi) is 5.96. The Morgan fingerprint density at radius 3 is 2.17 bits per heavy atom. The lowest BCUT2D eigenvalue weighted by molar-refractivity contribution is -0.126. The first kappa shape index (κ1) is 19.5. The van der Waals surface area contributed by atoms with Crippen LogP contribution in [0.1, 0.15) is 23.0 Å². The van der Waals surface area contributed by atoms with Crippen LogP contribution in [0.3, 0.4) is 0 Å². The molecule has 0 saturated heterocycles. The average molecular weight is 399 g/mol. The normalized spacial score (nSPS) is 11.0. The van der Waals surface area contributed by atoms with Crippen LogP contribution in [0.2, 0.25) is 0 Å². The summed E-state index contributed by atoms with van der Waals surface area (Å²) in [7, 11) is 0. The summed E-state index contributed by atoms with van der Waals surface area (Å²) in [5, 5.41) is 3.54. The number of amides is 1. The fourth-order valence-corrected chi connectivity index (χ4v) is 3.30. The van der Waals surface area contributed by atoms with Crippen LogP contribution < -0.4 is 10.9 Å². The molecule has 0 radical (unpaired) electrons. The molecular formula is C24H21N3O3. The molecule has 0 bridgehead atoms. The zero-order valence-corrected chi connectivity index (χ0v) is 16.2. The number of carbonyl (C=O) groups excluding carboxylic acids is 1. The van der Waals surface area contributed by atoms with Crippen molar-refractivity contribution in [2.24, 2.45) is 0 Å². The van der Waals surface area contributed by atoms with Crippen LogP contribution in [-0.4, -0.2) is 22.5 Å². The largest absolute Gasteiger partial charge is 0.364 e. The Morgan fingerprint density at radius 1 is 0.900 bits per heavy atom. The van der Waals surface area contributed by atoms with E-state index in [0.29, 0.717) is 16.7 Å². The summed E-state index contributed by atoms with van der Waals surface area (Å²) in [6.45, 7) is -0.110. The Labute approximate surface area is 173 Å². The SMILES string of the molecule is O=C(COCc1nc2ccccc2c(=O)[nH]1)NC(c1ccccc1)c1ccccc1. The summed E-state index contributed by atoms with van der Waals surface area (Å²) >= 11 is 0. The van der Waals surface area contributed by atoms with Gasteiger partial charge in [-0.2, -0.15) is 0 Å². The Balaban J connectivity index is 1.41. The van der Waals surface area contributed by atoms with E-state index in [4.69, 9.17) is 4.74 Å². The second-order valence-corrected chi connectivity index (χ2v) is 6.84. The van der Waals surface area contributed by atoms with Crippen LogP contribution in [0.15, 0.2) is 89.7 Å². The molecule has 4 rings (SSSR count). The molecule has 4 aromatic rings. The van der Waals surface area contributed by atoms with Crippen LogP contribution in [0.5, 0.6) is 0 Å². The lowest BCUT2D eigenvalue weighted by Crippen LogP contribution is -2.32. The van der Waals surface area contributed by atoms with Crippen molar-refractivity contribution in [1.29, 1.82) is 0 Å². The number of rotatable bonds is 7. The van der Waals surface area contributed by atoms with Crippen LogP contribution in [0.4, 0.5) is 0 Å². The first-order chi connectivity index (χ1) is 14.7. The van der Waals surface area contributed by atoms with E-state index in [1.54, 1.807) is 18.2 Å². The molecule has 1 aromatic heterocycles. The van der Waals surface area contributed by atoms with Gasteiger partial charge in [0.15, 0.2) is 0 Å². The van der Waals surface area contributed by atoms with Crippen molar-refractivity contribution in [1.82, 2.24) is 15.3 Å². The van der Waals surface area contributed by atoms with Gasteiger partial charge in [-0.1, -0.05) is 72.8 Å². The zero-order chi connectivity index (χ0) is 20.8. The molecule has 0 unspecified atom stereocenters. The van der Waals surface area contributed by atoms with E-state index in [1.165, 1.54) is 0 Å². The molecule has 0 saturated carbocycles. The quantitative estimate of drug-likeness (QED) is 0.499. The number of aromatic amines is 1. The van der Waals surface area contributed by atoms with Gasteiger partial charge in [0.1, 0.15) is 19.0 Å². The molecule has 1 amide bonds. The van der Waals surface area contributed by atoms with E-state index >= 15 is 0 Å². The first-order valence-corrected chi connectivity index (χ1v) is 9.65. The van der Waals surface area contributed by atoms with Crippen molar-refractivity contribution in [3.63, 3.8) is 0 Å². The maximum Gasteiger partial charge on any atom is 0.258 e. The van der Waals surface area contributed by atoms with Crippen molar-refractivity contribution in [3.05, 3.63) is 112 Å². The van der Waals surface area contributed by atoms with Gasteiger partial charge in [0.05, 0.1) is 16.9 Å². The first-order valence-electron chi connectivity index (χ1n) is 9.65. The van der Waals surface area contributed by atoms with E-state index in [1.807, 2.05) is 66.7 Å². The number of carbonyl (C=O) groups is 1. The molecule has 6 heteroatoms. The molecule has 0 fully saturated rings. The molecule has 0 spiro atoms. The highest BCUT2D eigenvalue weighted by molar-refractivity contribution is 5.78. The fourth-order valence-electron chi connectivity index (χ4n) is 3.30. The number of para-hydroxylation sites is 1. The minimum atomic E-state index is -0.276. The van der Waals surface area contributed by atoms with Crippen LogP contribution in [0, 0.1) is 0 Å². The van der Waals surface area contributed by atoms with Crippen LogP contribution in [0.25, 0.3) is 10.9 Å². The van der Waals surface area contributed by atoms with Crippen LogP contribution in [-0.2, 0) is 16.1 Å². The average Bonchev–Trinajstić information content (AvgIpc) is 2.79. The van der Waals surface area contributed by atoms with Gasteiger partial charge in [-0.25, -0.2) is 4.98 Å². The van der Waals surface area contributed by atoms with Crippen molar-refractivity contribution in [3.8, 4) is 0 Å². The smallest absolute Gasteiger partial charge is 0.258 e. The summed E-state index contributed by atoms with van der Waals surface area (Å²) < 4.78 is 5.51. The monoisotopic (exact) mass is 399 g/mol. The summed E-state index contributed by atoms with van der Waals surface area (Å²) in [4.78, 5) is 31.7. The molecule has 6 nitrogen and oxygen atoms in total. The Hall–Kier alpha value is -3.77. The number of fused-ring (bicyclic) bond motifs is 1. The second-order valence-electron chi connectivity index (χ2n) is 6.84. The van der Waals surface area contributed by atoms with Gasteiger partial charge in [0.2, 0.25) is 5.91 Å². The summed E-state index contributed by atoms with van der Waals surface area (Å²) in [5.41, 5.74) is 2.34. The van der Waals surface area contributed by atoms with Crippen LogP contribution >= 0.6 is 0 Å². The number of nitrogens with zero attached hydrogens (tertiary/aromatic N) is 1. The maximum absolute atomic E-state index is 12.5. The summed E-state index contributed by atoms with van der Waals surface area (Å²) in [5.74, 6) is 0.130. The van der Waals surface area contributed by atoms with Gasteiger partial charge >= 0.3 is 0 Å². The van der Waals surface area contributed by atoms with Gasteiger partial charge in [-0.05, 0) is 23.3 Å². The van der Waals surface area contributed by atoms with Crippen molar-refractivity contribution >= 4 is 16.8 Å². The lowest BCUT2D eigenvalue weighted by Gasteiger charge is -2.20. The highest BCUT2D eigenvalue weighted by Gasteiger charge is 2.16. The topological polar surface area (TPSA) is 84.1 Å². The molecule has 0 aliphatic rings. The minimum absolute atomic E-state index is 0.0365. The number of hydrogen-bond donors (Lipinski definition) is 2. The van der Waals surface area contributed by atoms with E-state index in [0.717, 1.165) is 11.1 Å². The third-order valence-corrected chi connectivity index (χ3v) is 4.70. The summed E-state index contributed by atoms with van der Waals surface area (Å²) in [6, 6.07) is 26.4. The fraction of sp³-hybridized carbons (Fsp3) is 0.125. The van der Waals surface area contributed by atoms with Gasteiger partial charge in [-0.15, -0.1) is 0 Å². The molecule has 2 N–H and O–H groups in total. The summed E-state index contributed by atoms with van der Waals surface area (Å²) in [6.07, 6.45) is 0. The van der Waals surface area contributed by atoms with Crippen molar-refractivity contribution in [2.45, 2.75) is 12.6 Å². The number of benzene rings is 3. The maximum atomic E-state index is 12.5. The van der Waals surface area contributed by atoms with Gasteiger partial charge in [0.25, 0.3) is 5.56 Å². The van der Waals surface area contributed by atoms with Crippen molar-refractivity contribution in [2.75, 3.05) is 6.61 Å². The number of aromatic nitrogens is 2. The zero-order valence-electron chi connectivity index (χ0n) is 16.2. The number of H-pyrrole nitrogens is 1. The van der Waals surface area contributed by atoms with E-state index < -0.39 is 0 Å². The van der Waals surface area contributed by atoms with E-state index in [9.17, 15) is 9.59 Å². The Morgan fingerprint density at radius 2 is 1.50 bits per heavy atom. The predicted octanol–water partition coefficient (Wildman–Crippen LogP) is 3.35. The van der Waals surface area contributed by atoms with Gasteiger partial charge in [-0.3, -0.25) is 9.59 Å². The molecular weight excluding hydrogens is 378 g/mol. The highest BCUT2D eigenvalue weighted by atomic mass is 16.5. The molecule has 0 aliphatic carbocycles. The number of nitrogens with one attached hydrogen (secondary N) is 2. The van der Waals surface area contributed by atoms with Crippen molar-refractivity contribution < 1.29 is 9.53 Å². The lowest BCUT2D eigenvalue weighted by atomic mass is 9.99. The molecule has 150 valence electrons. The second kappa shape index (κ2) is 9.15. The molecule has 0 atom stereocenters. The van der Waals surface area contributed by atoms with E-state index in [-0.39, 0.29) is 30.7 Å². The molecule has 1 heterocycles.